The van der Waals surface area contributed by atoms with Crippen LogP contribution in [0, 0.1) is 0 Å². The molecule has 1 heterocycles. The summed E-state index contributed by atoms with van der Waals surface area (Å²) in [7, 11) is 1.54. The Balaban J connectivity index is 1.20. The minimum absolute atomic E-state index is 0.0351. The fourth-order valence-corrected chi connectivity index (χ4v) is 4.64. The first-order valence-electron chi connectivity index (χ1n) is 14.9. The van der Waals surface area contributed by atoms with Gasteiger partial charge in [0.05, 0.1) is 24.7 Å². The second-order valence-electron chi connectivity index (χ2n) is 10.6. The molecular formula is C35H33N5O8. The number of imidazole rings is 1. The number of carboxylic acid groups (broad SMARTS) is 1. The van der Waals surface area contributed by atoms with Gasteiger partial charge in [-0.3, -0.25) is 9.69 Å². The molecule has 1 aromatic heterocycles. The van der Waals surface area contributed by atoms with Gasteiger partial charge in [-0.25, -0.2) is 19.4 Å². The lowest BCUT2D eigenvalue weighted by molar-refractivity contribution is -0.139. The first kappa shape index (κ1) is 33.0. The number of fused-ring (bicyclic) bond motifs is 1. The van der Waals surface area contributed by atoms with Crippen LogP contribution in [0.25, 0.3) is 11.0 Å². The third-order valence-corrected chi connectivity index (χ3v) is 7.16. The molecule has 0 aliphatic rings. The molecule has 13 heteroatoms. The Kier molecular flexibility index (Phi) is 10.8. The van der Waals surface area contributed by atoms with E-state index < -0.39 is 30.1 Å². The normalized spacial score (nSPS) is 11.3. The Morgan fingerprint density at radius 3 is 2.21 bits per heavy atom. The first-order valence-corrected chi connectivity index (χ1v) is 14.9. The fraction of sp³-hybridized carbons (Fsp3) is 0.171. The third kappa shape index (κ3) is 9.10. The predicted octanol–water partition coefficient (Wildman–Crippen LogP) is 4.88. The Labute approximate surface area is 275 Å². The van der Waals surface area contributed by atoms with E-state index in [9.17, 15) is 24.3 Å². The number of nitrogens with zero attached hydrogens (tertiary/aromatic N) is 2. The highest BCUT2D eigenvalue weighted by molar-refractivity contribution is 5.94. The van der Waals surface area contributed by atoms with E-state index in [1.54, 1.807) is 79.9 Å². The maximum Gasteiger partial charge on any atom is 0.415 e. The molecule has 1 unspecified atom stereocenters. The average molecular weight is 652 g/mol. The average Bonchev–Trinajstić information content (AvgIpc) is 3.52. The van der Waals surface area contributed by atoms with Crippen molar-refractivity contribution in [3.05, 3.63) is 126 Å². The number of hydrogen-bond donors (Lipinski definition) is 4. The number of alkyl carbamates (subject to hydrolysis) is 1. The molecule has 0 bridgehead atoms. The van der Waals surface area contributed by atoms with Gasteiger partial charge in [-0.1, -0.05) is 54.6 Å². The lowest BCUT2D eigenvalue weighted by atomic mass is 10.1. The number of hydrogen-bond acceptors (Lipinski definition) is 8. The molecule has 0 fully saturated rings. The van der Waals surface area contributed by atoms with E-state index in [4.69, 9.17) is 14.2 Å². The van der Waals surface area contributed by atoms with Crippen molar-refractivity contribution in [2.75, 3.05) is 13.7 Å². The zero-order valence-corrected chi connectivity index (χ0v) is 25.9. The van der Waals surface area contributed by atoms with Crippen molar-refractivity contribution >= 4 is 35.1 Å². The number of rotatable bonds is 13. The lowest BCUT2D eigenvalue weighted by Crippen LogP contribution is -2.48. The molecule has 0 saturated heterocycles. The standard InChI is InChI=1S/C35H33N5O8/c1-46-26-15-17-27(18-16-26)48-35(45)40(21-31-37-28-9-5-6-10-29(28)38-31)20-23-11-13-25(14-12-23)32(41)36-19-30(33(42)43)39-34(44)47-22-24-7-3-2-4-8-24/h2-18,30H,19-22H2,1H3,(H,36,41)(H,37,38)(H,39,44)(H,42,43). The number of carboxylic acids is 1. The number of aromatic nitrogens is 2. The molecule has 0 radical (unpaired) electrons. The Bertz CT molecular complexity index is 1830. The highest BCUT2D eigenvalue weighted by Gasteiger charge is 2.23. The van der Waals surface area contributed by atoms with Crippen molar-refractivity contribution in [2.45, 2.75) is 25.7 Å². The number of carbonyl (C=O) groups is 4. The maximum atomic E-state index is 13.3. The van der Waals surface area contributed by atoms with Crippen LogP contribution in [0.4, 0.5) is 9.59 Å². The van der Waals surface area contributed by atoms with E-state index in [2.05, 4.69) is 20.6 Å². The SMILES string of the molecule is COc1ccc(OC(=O)N(Cc2ccc(C(=O)NCC(NC(=O)OCc3ccccc3)C(=O)O)cc2)Cc2nc3ccccc3[nH]2)cc1. The van der Waals surface area contributed by atoms with Crippen LogP contribution in [0.5, 0.6) is 11.5 Å². The van der Waals surface area contributed by atoms with Crippen LogP contribution in [0.3, 0.4) is 0 Å². The van der Waals surface area contributed by atoms with E-state index >= 15 is 0 Å². The van der Waals surface area contributed by atoms with E-state index in [1.165, 1.54) is 4.90 Å². The van der Waals surface area contributed by atoms with Crippen LogP contribution < -0.4 is 20.1 Å². The highest BCUT2D eigenvalue weighted by atomic mass is 16.6. The van der Waals surface area contributed by atoms with Crippen LogP contribution in [-0.2, 0) is 29.2 Å². The topological polar surface area (TPSA) is 172 Å². The summed E-state index contributed by atoms with van der Waals surface area (Å²) in [6.45, 7) is -0.168. The Hall–Kier alpha value is -6.37. The number of nitrogens with one attached hydrogen (secondary N) is 3. The maximum absolute atomic E-state index is 13.3. The molecule has 1 atom stereocenters. The molecule has 0 aliphatic carbocycles. The summed E-state index contributed by atoms with van der Waals surface area (Å²) in [6.07, 6.45) is -1.54. The van der Waals surface area contributed by atoms with E-state index in [0.29, 0.717) is 22.9 Å². The number of amides is 3. The number of ether oxygens (including phenoxy) is 3. The predicted molar refractivity (Wildman–Crippen MR) is 174 cm³/mol. The van der Waals surface area contributed by atoms with Crippen LogP contribution in [0.15, 0.2) is 103 Å². The molecule has 246 valence electrons. The molecule has 48 heavy (non-hydrogen) atoms. The van der Waals surface area contributed by atoms with Crippen molar-refractivity contribution < 1.29 is 38.5 Å². The van der Waals surface area contributed by atoms with Gasteiger partial charge in [0.15, 0.2) is 0 Å². The zero-order chi connectivity index (χ0) is 33.9. The van der Waals surface area contributed by atoms with Crippen molar-refractivity contribution in [3.8, 4) is 11.5 Å². The van der Waals surface area contributed by atoms with Crippen LogP contribution in [-0.4, -0.2) is 63.7 Å². The van der Waals surface area contributed by atoms with Gasteiger partial charge in [0.1, 0.15) is 30.0 Å². The number of methoxy groups -OCH3 is 1. The number of carbonyl (C=O) groups excluding carboxylic acids is 3. The van der Waals surface area contributed by atoms with Gasteiger partial charge >= 0.3 is 18.2 Å². The minimum atomic E-state index is -1.42. The van der Waals surface area contributed by atoms with Crippen molar-refractivity contribution in [1.29, 1.82) is 0 Å². The molecule has 0 aliphatic heterocycles. The smallest absolute Gasteiger partial charge is 0.415 e. The van der Waals surface area contributed by atoms with Gasteiger partial charge in [-0.2, -0.15) is 0 Å². The number of H-pyrrole nitrogens is 1. The lowest BCUT2D eigenvalue weighted by Gasteiger charge is -2.21. The molecule has 5 aromatic rings. The van der Waals surface area contributed by atoms with Gasteiger partial charge in [-0.05, 0) is 59.7 Å². The van der Waals surface area contributed by atoms with Crippen molar-refractivity contribution in [2.24, 2.45) is 0 Å². The van der Waals surface area contributed by atoms with Gasteiger partial charge in [-0.15, -0.1) is 0 Å². The first-order chi connectivity index (χ1) is 23.3. The highest BCUT2D eigenvalue weighted by Crippen LogP contribution is 2.20. The van der Waals surface area contributed by atoms with E-state index in [-0.39, 0.29) is 31.8 Å². The van der Waals surface area contributed by atoms with Crippen molar-refractivity contribution in [1.82, 2.24) is 25.5 Å². The van der Waals surface area contributed by atoms with Gasteiger partial charge in [0.2, 0.25) is 0 Å². The second kappa shape index (κ2) is 15.8. The zero-order valence-electron chi connectivity index (χ0n) is 25.9. The monoisotopic (exact) mass is 651 g/mol. The third-order valence-electron chi connectivity index (χ3n) is 7.16. The summed E-state index contributed by atoms with van der Waals surface area (Å²) in [4.78, 5) is 59.3. The number of para-hydroxylation sites is 2. The molecular weight excluding hydrogens is 618 g/mol. The van der Waals surface area contributed by atoms with Crippen LogP contribution >= 0.6 is 0 Å². The fourth-order valence-electron chi connectivity index (χ4n) is 4.64. The van der Waals surface area contributed by atoms with Gasteiger partial charge < -0.3 is 34.9 Å². The summed E-state index contributed by atoms with van der Waals surface area (Å²) in [5.74, 6) is -0.377. The van der Waals surface area contributed by atoms with Crippen molar-refractivity contribution in [3.63, 3.8) is 0 Å². The Morgan fingerprint density at radius 2 is 1.52 bits per heavy atom. The Morgan fingerprint density at radius 1 is 0.833 bits per heavy atom. The molecule has 4 aromatic carbocycles. The number of benzene rings is 4. The summed E-state index contributed by atoms with van der Waals surface area (Å²) in [5, 5.41) is 14.3. The molecule has 3 amide bonds. The largest absolute Gasteiger partial charge is 0.497 e. The molecule has 0 saturated carbocycles. The summed E-state index contributed by atoms with van der Waals surface area (Å²) < 4.78 is 15.9. The summed E-state index contributed by atoms with van der Waals surface area (Å²) >= 11 is 0. The number of aliphatic carboxylic acids is 1. The van der Waals surface area contributed by atoms with E-state index in [0.717, 1.165) is 16.6 Å². The van der Waals surface area contributed by atoms with Gasteiger partial charge in [0.25, 0.3) is 5.91 Å². The van der Waals surface area contributed by atoms with E-state index in [1.807, 2.05) is 30.3 Å². The quantitative estimate of drug-likeness (QED) is 0.138. The molecule has 5 rings (SSSR count). The summed E-state index contributed by atoms with van der Waals surface area (Å²) in [6, 6.07) is 28.1. The molecule has 0 spiro atoms. The molecule has 13 nitrogen and oxygen atoms in total. The van der Waals surface area contributed by atoms with Crippen LogP contribution in [0.1, 0.15) is 27.3 Å². The van der Waals surface area contributed by atoms with Gasteiger partial charge in [0, 0.05) is 18.7 Å². The summed E-state index contributed by atoms with van der Waals surface area (Å²) in [5.41, 5.74) is 3.27. The second-order valence-corrected chi connectivity index (χ2v) is 10.6. The number of aromatic amines is 1. The molecule has 4 N–H and O–H groups in total. The van der Waals surface area contributed by atoms with Crippen LogP contribution in [0.2, 0.25) is 0 Å². The minimum Gasteiger partial charge on any atom is -0.497 e.